The molecule has 1 amide bonds. The molecule has 0 unspecified atom stereocenters. The Balaban J connectivity index is 2.22. The van der Waals surface area contributed by atoms with Gasteiger partial charge in [-0.3, -0.25) is 4.79 Å². The molecule has 0 N–H and O–H groups in total. The molecule has 0 bridgehead atoms. The van der Waals surface area contributed by atoms with Crippen molar-refractivity contribution in [3.63, 3.8) is 0 Å². The molecule has 1 saturated heterocycles. The van der Waals surface area contributed by atoms with E-state index in [1.54, 1.807) is 16.8 Å². The lowest BCUT2D eigenvalue weighted by molar-refractivity contribution is -0.129. The summed E-state index contributed by atoms with van der Waals surface area (Å²) in [7, 11) is 3.21. The number of piperazine rings is 1. The minimum atomic E-state index is 0.0201. The van der Waals surface area contributed by atoms with Crippen molar-refractivity contribution in [3.8, 4) is 6.01 Å². The highest BCUT2D eigenvalue weighted by atomic mass is 35.5. The minimum Gasteiger partial charge on any atom is -0.467 e. The maximum Gasteiger partial charge on any atom is 0.322 e. The van der Waals surface area contributed by atoms with E-state index in [2.05, 4.69) is 15.0 Å². The standard InChI is InChI=1S/C9H12ClN5O2/c1-14-3-4-15(5-6(14)16)8-11-7(10)12-9(13-8)17-2/h3-5H2,1-2H3. The molecule has 1 aromatic rings. The number of methoxy groups -OCH3 is 1. The van der Waals surface area contributed by atoms with Gasteiger partial charge in [0.25, 0.3) is 0 Å². The van der Waals surface area contributed by atoms with Gasteiger partial charge in [-0.15, -0.1) is 0 Å². The summed E-state index contributed by atoms with van der Waals surface area (Å²) in [6.07, 6.45) is 0. The van der Waals surface area contributed by atoms with E-state index in [-0.39, 0.29) is 23.7 Å². The van der Waals surface area contributed by atoms with Crippen LogP contribution in [-0.4, -0.2) is 59.6 Å². The van der Waals surface area contributed by atoms with Crippen molar-refractivity contribution in [2.75, 3.05) is 38.7 Å². The first-order valence-corrected chi connectivity index (χ1v) is 5.42. The van der Waals surface area contributed by atoms with Gasteiger partial charge in [-0.05, 0) is 11.6 Å². The molecule has 1 fully saturated rings. The van der Waals surface area contributed by atoms with Crippen LogP contribution in [0.25, 0.3) is 0 Å². The van der Waals surface area contributed by atoms with Crippen molar-refractivity contribution in [1.29, 1.82) is 0 Å². The van der Waals surface area contributed by atoms with E-state index in [1.165, 1.54) is 7.11 Å². The minimum absolute atomic E-state index is 0.0201. The number of likely N-dealkylation sites (N-methyl/N-ethyl adjacent to an activating group) is 1. The van der Waals surface area contributed by atoms with Crippen LogP contribution < -0.4 is 9.64 Å². The molecule has 1 aliphatic rings. The van der Waals surface area contributed by atoms with E-state index in [0.717, 1.165) is 0 Å². The average molecular weight is 258 g/mol. The zero-order chi connectivity index (χ0) is 12.4. The highest BCUT2D eigenvalue weighted by molar-refractivity contribution is 6.28. The first-order chi connectivity index (χ1) is 8.10. The number of rotatable bonds is 2. The number of halogens is 1. The largest absolute Gasteiger partial charge is 0.467 e. The number of ether oxygens (including phenoxy) is 1. The molecule has 1 aromatic heterocycles. The summed E-state index contributed by atoms with van der Waals surface area (Å²) >= 11 is 5.75. The summed E-state index contributed by atoms with van der Waals surface area (Å²) in [6.45, 7) is 1.52. The second-order valence-corrected chi connectivity index (χ2v) is 3.97. The molecule has 0 atom stereocenters. The van der Waals surface area contributed by atoms with E-state index in [0.29, 0.717) is 19.0 Å². The molecule has 7 nitrogen and oxygen atoms in total. The molecule has 0 spiro atoms. The summed E-state index contributed by atoms with van der Waals surface area (Å²) < 4.78 is 4.91. The average Bonchev–Trinajstić information content (AvgIpc) is 2.32. The Kier molecular flexibility index (Phi) is 3.28. The zero-order valence-corrected chi connectivity index (χ0v) is 10.3. The summed E-state index contributed by atoms with van der Waals surface area (Å²) in [4.78, 5) is 26.8. The molecule has 2 heterocycles. The van der Waals surface area contributed by atoms with Gasteiger partial charge in [-0.2, -0.15) is 15.0 Å². The normalized spacial score (nSPS) is 16.3. The van der Waals surface area contributed by atoms with Crippen LogP contribution in [-0.2, 0) is 4.79 Å². The predicted octanol–water partition coefficient (Wildman–Crippen LogP) is -0.188. The Hall–Kier alpha value is -1.63. The van der Waals surface area contributed by atoms with Crippen LogP contribution in [0, 0.1) is 0 Å². The van der Waals surface area contributed by atoms with Crippen molar-refractivity contribution in [3.05, 3.63) is 5.28 Å². The Morgan fingerprint density at radius 1 is 1.29 bits per heavy atom. The maximum atomic E-state index is 11.6. The van der Waals surface area contributed by atoms with Gasteiger partial charge in [-0.25, -0.2) is 0 Å². The number of carbonyl (C=O) groups excluding carboxylic acids is 1. The Morgan fingerprint density at radius 3 is 2.71 bits per heavy atom. The topological polar surface area (TPSA) is 71.5 Å². The Labute approximate surface area is 103 Å². The van der Waals surface area contributed by atoms with E-state index in [9.17, 15) is 4.79 Å². The van der Waals surface area contributed by atoms with Crippen LogP contribution in [0.2, 0.25) is 5.28 Å². The number of hydrogen-bond acceptors (Lipinski definition) is 6. The van der Waals surface area contributed by atoms with Gasteiger partial charge in [0.2, 0.25) is 17.1 Å². The number of hydrogen-bond donors (Lipinski definition) is 0. The molecular formula is C9H12ClN5O2. The first-order valence-electron chi connectivity index (χ1n) is 5.04. The molecule has 1 aliphatic heterocycles. The van der Waals surface area contributed by atoms with Crippen LogP contribution in [0.4, 0.5) is 5.95 Å². The molecule has 92 valence electrons. The highest BCUT2D eigenvalue weighted by Gasteiger charge is 2.23. The highest BCUT2D eigenvalue weighted by Crippen LogP contribution is 2.16. The number of carbonyl (C=O) groups is 1. The lowest BCUT2D eigenvalue weighted by atomic mass is 10.3. The van der Waals surface area contributed by atoms with Crippen molar-refractivity contribution < 1.29 is 9.53 Å². The smallest absolute Gasteiger partial charge is 0.322 e. The maximum absolute atomic E-state index is 11.6. The fourth-order valence-corrected chi connectivity index (χ4v) is 1.63. The van der Waals surface area contributed by atoms with Crippen LogP contribution in [0.15, 0.2) is 0 Å². The van der Waals surface area contributed by atoms with Gasteiger partial charge < -0.3 is 14.5 Å². The van der Waals surface area contributed by atoms with Crippen molar-refractivity contribution in [2.24, 2.45) is 0 Å². The van der Waals surface area contributed by atoms with E-state index >= 15 is 0 Å². The third-order valence-corrected chi connectivity index (χ3v) is 2.67. The van der Waals surface area contributed by atoms with Gasteiger partial charge in [0.15, 0.2) is 0 Å². The van der Waals surface area contributed by atoms with E-state index in [1.807, 2.05) is 0 Å². The Morgan fingerprint density at radius 2 is 2.06 bits per heavy atom. The van der Waals surface area contributed by atoms with Gasteiger partial charge >= 0.3 is 6.01 Å². The van der Waals surface area contributed by atoms with Crippen LogP contribution in [0.3, 0.4) is 0 Å². The lowest BCUT2D eigenvalue weighted by Gasteiger charge is -2.31. The summed E-state index contributed by atoms with van der Waals surface area (Å²) in [5, 5.41) is 0.0539. The van der Waals surface area contributed by atoms with Gasteiger partial charge in [-0.1, -0.05) is 0 Å². The monoisotopic (exact) mass is 257 g/mol. The van der Waals surface area contributed by atoms with E-state index < -0.39 is 0 Å². The van der Waals surface area contributed by atoms with Gasteiger partial charge in [0, 0.05) is 20.1 Å². The van der Waals surface area contributed by atoms with Crippen molar-refractivity contribution in [2.45, 2.75) is 0 Å². The number of aromatic nitrogens is 3. The fraction of sp³-hybridized carbons (Fsp3) is 0.556. The van der Waals surface area contributed by atoms with Gasteiger partial charge in [0.05, 0.1) is 13.7 Å². The molecule has 0 aromatic carbocycles. The van der Waals surface area contributed by atoms with Crippen LogP contribution >= 0.6 is 11.6 Å². The van der Waals surface area contributed by atoms with Gasteiger partial charge in [0.1, 0.15) is 0 Å². The molecule has 17 heavy (non-hydrogen) atoms. The molecule has 2 rings (SSSR count). The molecule has 0 radical (unpaired) electrons. The number of anilines is 1. The third kappa shape index (κ3) is 2.55. The summed E-state index contributed by atoms with van der Waals surface area (Å²) in [5.41, 5.74) is 0. The van der Waals surface area contributed by atoms with Crippen LogP contribution in [0.1, 0.15) is 0 Å². The molecule has 0 aliphatic carbocycles. The molecule has 0 saturated carbocycles. The molecule has 8 heteroatoms. The van der Waals surface area contributed by atoms with Crippen LogP contribution in [0.5, 0.6) is 6.01 Å². The third-order valence-electron chi connectivity index (χ3n) is 2.50. The number of amides is 1. The predicted molar refractivity (Wildman–Crippen MR) is 61.2 cm³/mol. The zero-order valence-electron chi connectivity index (χ0n) is 9.55. The fourth-order valence-electron chi connectivity index (χ4n) is 1.48. The SMILES string of the molecule is COc1nc(Cl)nc(N2CCN(C)C(=O)C2)n1. The molecular weight excluding hydrogens is 246 g/mol. The van der Waals surface area contributed by atoms with E-state index in [4.69, 9.17) is 16.3 Å². The lowest BCUT2D eigenvalue weighted by Crippen LogP contribution is -2.49. The van der Waals surface area contributed by atoms with Crippen molar-refractivity contribution in [1.82, 2.24) is 19.9 Å². The first kappa shape index (κ1) is 11.8. The quantitative estimate of drug-likeness (QED) is 0.732. The summed E-state index contributed by atoms with van der Waals surface area (Å²) in [6, 6.07) is 0.145. The Bertz CT molecular complexity index is 441. The summed E-state index contributed by atoms with van der Waals surface area (Å²) in [5.74, 6) is 0.384. The number of nitrogens with zero attached hydrogens (tertiary/aromatic N) is 5. The second-order valence-electron chi connectivity index (χ2n) is 3.63. The second kappa shape index (κ2) is 4.70. The van der Waals surface area contributed by atoms with Crippen molar-refractivity contribution >= 4 is 23.5 Å².